The number of ether oxygens (including phenoxy) is 1. The van der Waals surface area contributed by atoms with E-state index in [4.69, 9.17) is 10.00 Å². The lowest BCUT2D eigenvalue weighted by Gasteiger charge is -2.43. The van der Waals surface area contributed by atoms with Crippen molar-refractivity contribution in [3.8, 4) is 6.07 Å². The van der Waals surface area contributed by atoms with Crippen molar-refractivity contribution in [3.63, 3.8) is 0 Å². The number of hydrogen-bond donors (Lipinski definition) is 0. The molecule has 1 atom stereocenters. The van der Waals surface area contributed by atoms with E-state index in [2.05, 4.69) is 6.07 Å². The first-order valence-electron chi connectivity index (χ1n) is 6.47. The maximum atomic E-state index is 12.0. The highest BCUT2D eigenvalue weighted by molar-refractivity contribution is 5.77. The molecule has 2 aliphatic rings. The van der Waals surface area contributed by atoms with E-state index in [1.807, 2.05) is 0 Å². The van der Waals surface area contributed by atoms with Gasteiger partial charge >= 0.3 is 0 Å². The zero-order valence-electron chi connectivity index (χ0n) is 10.4. The molecule has 0 aromatic carbocycles. The molecule has 0 N–H and O–H groups in total. The van der Waals surface area contributed by atoms with Crippen molar-refractivity contribution in [2.24, 2.45) is 0 Å². The van der Waals surface area contributed by atoms with Crippen molar-refractivity contribution in [3.05, 3.63) is 0 Å². The summed E-state index contributed by atoms with van der Waals surface area (Å²) in [6.07, 6.45) is 6.44. The highest BCUT2D eigenvalue weighted by Crippen LogP contribution is 2.36. The molecule has 1 aliphatic heterocycles. The monoisotopic (exact) mass is 236 g/mol. The van der Waals surface area contributed by atoms with Gasteiger partial charge in [0, 0.05) is 20.1 Å². The summed E-state index contributed by atoms with van der Waals surface area (Å²) < 4.78 is 5.50. The lowest BCUT2D eigenvalue weighted by Crippen LogP contribution is -2.53. The van der Waals surface area contributed by atoms with Crippen LogP contribution >= 0.6 is 0 Å². The molecule has 94 valence electrons. The van der Waals surface area contributed by atoms with Gasteiger partial charge in [0.1, 0.15) is 5.54 Å². The second-order valence-corrected chi connectivity index (χ2v) is 5.12. The molecule has 4 heteroatoms. The zero-order chi connectivity index (χ0) is 12.3. The zero-order valence-corrected chi connectivity index (χ0v) is 10.4. The molecule has 1 aliphatic carbocycles. The fourth-order valence-corrected chi connectivity index (χ4v) is 2.60. The van der Waals surface area contributed by atoms with Crippen molar-refractivity contribution in [2.45, 2.75) is 56.6 Å². The van der Waals surface area contributed by atoms with Crippen molar-refractivity contribution in [1.29, 1.82) is 5.26 Å². The van der Waals surface area contributed by atoms with Gasteiger partial charge in [-0.3, -0.25) is 4.79 Å². The fraction of sp³-hybridized carbons (Fsp3) is 0.846. The molecule has 0 bridgehead atoms. The van der Waals surface area contributed by atoms with Crippen LogP contribution in [0.25, 0.3) is 0 Å². The molecule has 1 unspecified atom stereocenters. The van der Waals surface area contributed by atoms with E-state index in [1.165, 1.54) is 0 Å². The highest BCUT2D eigenvalue weighted by Gasteiger charge is 2.43. The highest BCUT2D eigenvalue weighted by atomic mass is 16.5. The quantitative estimate of drug-likeness (QED) is 0.748. The standard InChI is InChI=1S/C13H20N2O2/c1-15(13(10-14)7-3-8-13)12(16)6-5-11-4-2-9-17-11/h11H,2-9H2,1H3. The van der Waals surface area contributed by atoms with E-state index in [9.17, 15) is 4.79 Å². The number of rotatable bonds is 4. The van der Waals surface area contributed by atoms with Gasteiger partial charge < -0.3 is 9.64 Å². The van der Waals surface area contributed by atoms with Crippen molar-refractivity contribution in [1.82, 2.24) is 4.90 Å². The lowest BCUT2D eigenvalue weighted by molar-refractivity contribution is -0.136. The van der Waals surface area contributed by atoms with E-state index >= 15 is 0 Å². The summed E-state index contributed by atoms with van der Waals surface area (Å²) in [5, 5.41) is 9.17. The Morgan fingerprint density at radius 2 is 2.29 bits per heavy atom. The van der Waals surface area contributed by atoms with Gasteiger partial charge in [0.15, 0.2) is 0 Å². The van der Waals surface area contributed by atoms with E-state index in [-0.39, 0.29) is 12.0 Å². The first-order valence-corrected chi connectivity index (χ1v) is 6.47. The van der Waals surface area contributed by atoms with Crippen LogP contribution in [-0.2, 0) is 9.53 Å². The van der Waals surface area contributed by atoms with Crippen molar-refractivity contribution in [2.75, 3.05) is 13.7 Å². The number of carbonyl (C=O) groups is 1. The predicted molar refractivity (Wildman–Crippen MR) is 63.2 cm³/mol. The van der Waals surface area contributed by atoms with Crippen LogP contribution in [0.4, 0.5) is 0 Å². The average molecular weight is 236 g/mol. The number of nitrogens with zero attached hydrogens (tertiary/aromatic N) is 2. The van der Waals surface area contributed by atoms with Crippen molar-refractivity contribution >= 4 is 5.91 Å². The minimum atomic E-state index is -0.506. The Labute approximate surface area is 103 Å². The number of hydrogen-bond acceptors (Lipinski definition) is 3. The van der Waals surface area contributed by atoms with Crippen LogP contribution in [0.15, 0.2) is 0 Å². The van der Waals surface area contributed by atoms with Crippen LogP contribution in [0.2, 0.25) is 0 Å². The van der Waals surface area contributed by atoms with Gasteiger partial charge in [0.25, 0.3) is 0 Å². The minimum Gasteiger partial charge on any atom is -0.378 e. The summed E-state index contributed by atoms with van der Waals surface area (Å²) >= 11 is 0. The second kappa shape index (κ2) is 5.05. The fourth-order valence-electron chi connectivity index (χ4n) is 2.60. The smallest absolute Gasteiger partial charge is 0.223 e. The predicted octanol–water partition coefficient (Wildman–Crippen LogP) is 1.85. The lowest BCUT2D eigenvalue weighted by atomic mass is 9.76. The number of carbonyl (C=O) groups excluding carboxylic acids is 1. The van der Waals surface area contributed by atoms with Crippen LogP contribution in [0.3, 0.4) is 0 Å². The number of nitriles is 1. The summed E-state index contributed by atoms with van der Waals surface area (Å²) in [5.74, 6) is 0.0850. The minimum absolute atomic E-state index is 0.0850. The van der Waals surface area contributed by atoms with E-state index < -0.39 is 5.54 Å². The Balaban J connectivity index is 1.81. The Bertz CT molecular complexity index is 325. The van der Waals surface area contributed by atoms with E-state index in [0.29, 0.717) is 6.42 Å². The van der Waals surface area contributed by atoms with Gasteiger partial charge in [-0.25, -0.2) is 0 Å². The Morgan fingerprint density at radius 1 is 1.53 bits per heavy atom. The molecule has 1 heterocycles. The molecule has 2 fully saturated rings. The molecule has 0 aromatic heterocycles. The third-order valence-corrected chi connectivity index (χ3v) is 4.11. The van der Waals surface area contributed by atoms with E-state index in [1.54, 1.807) is 11.9 Å². The Kier molecular flexibility index (Phi) is 3.68. The molecular weight excluding hydrogens is 216 g/mol. The average Bonchev–Trinajstić information content (AvgIpc) is 2.77. The van der Waals surface area contributed by atoms with Gasteiger partial charge in [-0.15, -0.1) is 0 Å². The van der Waals surface area contributed by atoms with Gasteiger partial charge in [-0.2, -0.15) is 5.26 Å². The maximum Gasteiger partial charge on any atom is 0.223 e. The third kappa shape index (κ3) is 2.44. The molecule has 4 nitrogen and oxygen atoms in total. The van der Waals surface area contributed by atoms with Crippen LogP contribution in [-0.4, -0.2) is 36.1 Å². The topological polar surface area (TPSA) is 53.3 Å². The SMILES string of the molecule is CN(C(=O)CCC1CCCO1)C1(C#N)CCC1. The van der Waals surface area contributed by atoms with Gasteiger partial charge in [0.05, 0.1) is 12.2 Å². The summed E-state index contributed by atoms with van der Waals surface area (Å²) in [6.45, 7) is 0.830. The summed E-state index contributed by atoms with van der Waals surface area (Å²) in [6, 6.07) is 2.30. The Hall–Kier alpha value is -1.08. The first-order chi connectivity index (χ1) is 8.18. The molecule has 1 amide bonds. The van der Waals surface area contributed by atoms with Crippen molar-refractivity contribution < 1.29 is 9.53 Å². The normalized spacial score (nSPS) is 26.0. The molecular formula is C13H20N2O2. The molecule has 1 saturated carbocycles. The summed E-state index contributed by atoms with van der Waals surface area (Å²) in [4.78, 5) is 13.7. The molecule has 17 heavy (non-hydrogen) atoms. The van der Waals surface area contributed by atoms with Crippen LogP contribution in [0.1, 0.15) is 44.9 Å². The van der Waals surface area contributed by atoms with Crippen LogP contribution < -0.4 is 0 Å². The first kappa shape index (κ1) is 12.4. The van der Waals surface area contributed by atoms with Crippen LogP contribution in [0, 0.1) is 11.3 Å². The van der Waals surface area contributed by atoms with Gasteiger partial charge in [-0.05, 0) is 38.5 Å². The molecule has 1 saturated heterocycles. The molecule has 0 aromatic rings. The maximum absolute atomic E-state index is 12.0. The third-order valence-electron chi connectivity index (χ3n) is 4.11. The molecule has 0 spiro atoms. The summed E-state index contributed by atoms with van der Waals surface area (Å²) in [5.41, 5.74) is -0.506. The molecule has 2 rings (SSSR count). The van der Waals surface area contributed by atoms with Gasteiger partial charge in [0.2, 0.25) is 5.91 Å². The summed E-state index contributed by atoms with van der Waals surface area (Å²) in [7, 11) is 1.76. The van der Waals surface area contributed by atoms with E-state index in [0.717, 1.165) is 45.1 Å². The Morgan fingerprint density at radius 3 is 2.76 bits per heavy atom. The largest absolute Gasteiger partial charge is 0.378 e. The molecule has 0 radical (unpaired) electrons. The second-order valence-electron chi connectivity index (χ2n) is 5.12. The van der Waals surface area contributed by atoms with Crippen LogP contribution in [0.5, 0.6) is 0 Å². The number of amides is 1. The van der Waals surface area contributed by atoms with Gasteiger partial charge in [-0.1, -0.05) is 0 Å².